The highest BCUT2D eigenvalue weighted by molar-refractivity contribution is 9.09. The van der Waals surface area contributed by atoms with Crippen LogP contribution in [0.1, 0.15) is 22.9 Å². The summed E-state index contributed by atoms with van der Waals surface area (Å²) in [7, 11) is 0. The molecule has 0 bridgehead atoms. The van der Waals surface area contributed by atoms with Crippen LogP contribution in [0.3, 0.4) is 0 Å². The van der Waals surface area contributed by atoms with Gasteiger partial charge in [0, 0.05) is 5.56 Å². The van der Waals surface area contributed by atoms with Crippen molar-refractivity contribution in [2.75, 3.05) is 6.61 Å². The molecular formula is C15H15BrO. The Labute approximate surface area is 111 Å². The van der Waals surface area contributed by atoms with Crippen molar-refractivity contribution < 1.29 is 4.74 Å². The maximum absolute atomic E-state index is 5.65. The molecule has 1 unspecified atom stereocenters. The minimum atomic E-state index is 0.173. The van der Waals surface area contributed by atoms with Gasteiger partial charge in [0.1, 0.15) is 5.75 Å². The zero-order valence-electron chi connectivity index (χ0n) is 9.77. The van der Waals surface area contributed by atoms with E-state index in [0.717, 1.165) is 5.75 Å². The van der Waals surface area contributed by atoms with Gasteiger partial charge in [-0.05, 0) is 18.6 Å². The van der Waals surface area contributed by atoms with E-state index in [2.05, 4.69) is 34.1 Å². The molecule has 1 atom stereocenters. The molecule has 1 nitrogen and oxygen atoms in total. The maximum Gasteiger partial charge on any atom is 0.123 e. The summed E-state index contributed by atoms with van der Waals surface area (Å²) < 4.78 is 5.65. The van der Waals surface area contributed by atoms with Crippen LogP contribution >= 0.6 is 15.9 Å². The fourth-order valence-electron chi connectivity index (χ4n) is 1.78. The molecule has 17 heavy (non-hydrogen) atoms. The third-order valence-electron chi connectivity index (χ3n) is 2.58. The van der Waals surface area contributed by atoms with Crippen LogP contribution in [-0.2, 0) is 0 Å². The highest BCUT2D eigenvalue weighted by Crippen LogP contribution is 2.36. The summed E-state index contributed by atoms with van der Waals surface area (Å²) in [6.45, 7) is 2.69. The number of ether oxygens (including phenoxy) is 1. The van der Waals surface area contributed by atoms with Gasteiger partial charge in [-0.1, -0.05) is 64.5 Å². The van der Waals surface area contributed by atoms with Crippen LogP contribution in [0.5, 0.6) is 5.75 Å². The van der Waals surface area contributed by atoms with Crippen molar-refractivity contribution in [3.63, 3.8) is 0 Å². The van der Waals surface area contributed by atoms with Gasteiger partial charge in [-0.25, -0.2) is 0 Å². The lowest BCUT2D eigenvalue weighted by atomic mass is 10.0. The van der Waals surface area contributed by atoms with E-state index < -0.39 is 0 Å². The van der Waals surface area contributed by atoms with E-state index in [9.17, 15) is 0 Å². The normalized spacial score (nSPS) is 12.1. The quantitative estimate of drug-likeness (QED) is 0.750. The molecule has 0 spiro atoms. The van der Waals surface area contributed by atoms with E-state index in [1.165, 1.54) is 11.1 Å². The van der Waals surface area contributed by atoms with Gasteiger partial charge in [0.05, 0.1) is 11.4 Å². The van der Waals surface area contributed by atoms with Crippen molar-refractivity contribution in [3.05, 3.63) is 65.7 Å². The first kappa shape index (κ1) is 12.2. The van der Waals surface area contributed by atoms with Crippen molar-refractivity contribution in [1.29, 1.82) is 0 Å². The van der Waals surface area contributed by atoms with Gasteiger partial charge < -0.3 is 4.74 Å². The first-order valence-corrected chi connectivity index (χ1v) is 6.65. The Kier molecular flexibility index (Phi) is 4.21. The van der Waals surface area contributed by atoms with Crippen LogP contribution in [-0.4, -0.2) is 6.61 Å². The fourth-order valence-corrected chi connectivity index (χ4v) is 2.46. The summed E-state index contributed by atoms with van der Waals surface area (Å²) >= 11 is 3.73. The molecule has 0 aliphatic heterocycles. The maximum atomic E-state index is 5.65. The number of alkyl halides is 1. The summed E-state index contributed by atoms with van der Waals surface area (Å²) in [5, 5.41) is 0. The number of benzene rings is 2. The van der Waals surface area contributed by atoms with Crippen molar-refractivity contribution in [1.82, 2.24) is 0 Å². The van der Waals surface area contributed by atoms with Crippen LogP contribution in [0.25, 0.3) is 0 Å². The second-order valence-corrected chi connectivity index (χ2v) is 4.66. The predicted octanol–water partition coefficient (Wildman–Crippen LogP) is 4.57. The zero-order valence-corrected chi connectivity index (χ0v) is 11.4. The molecule has 0 heterocycles. The van der Waals surface area contributed by atoms with Crippen LogP contribution in [0.4, 0.5) is 0 Å². The van der Waals surface area contributed by atoms with E-state index >= 15 is 0 Å². The Balaban J connectivity index is 2.33. The highest BCUT2D eigenvalue weighted by Gasteiger charge is 2.14. The van der Waals surface area contributed by atoms with E-state index in [1.807, 2.05) is 43.3 Å². The topological polar surface area (TPSA) is 9.23 Å². The molecule has 0 saturated heterocycles. The average Bonchev–Trinajstić information content (AvgIpc) is 2.40. The Morgan fingerprint density at radius 3 is 2.35 bits per heavy atom. The van der Waals surface area contributed by atoms with Gasteiger partial charge in [0.15, 0.2) is 0 Å². The van der Waals surface area contributed by atoms with E-state index in [0.29, 0.717) is 6.61 Å². The molecule has 0 amide bonds. The standard InChI is InChI=1S/C15H15BrO/c1-2-17-14-11-7-6-10-13(14)15(16)12-8-4-3-5-9-12/h3-11,15H,2H2,1H3. The second kappa shape index (κ2) is 5.87. The molecule has 2 aromatic carbocycles. The van der Waals surface area contributed by atoms with Crippen molar-refractivity contribution >= 4 is 15.9 Å². The van der Waals surface area contributed by atoms with Crippen molar-refractivity contribution in [3.8, 4) is 5.75 Å². The molecule has 2 rings (SSSR count). The Morgan fingerprint density at radius 2 is 1.65 bits per heavy atom. The number of para-hydroxylation sites is 1. The van der Waals surface area contributed by atoms with Crippen LogP contribution in [0.2, 0.25) is 0 Å². The average molecular weight is 291 g/mol. The minimum absolute atomic E-state index is 0.173. The molecule has 0 aromatic heterocycles. The van der Waals surface area contributed by atoms with Gasteiger partial charge in [0.25, 0.3) is 0 Å². The Morgan fingerprint density at radius 1 is 1.00 bits per heavy atom. The Hall–Kier alpha value is -1.28. The number of rotatable bonds is 4. The predicted molar refractivity (Wildman–Crippen MR) is 74.8 cm³/mol. The highest BCUT2D eigenvalue weighted by atomic mass is 79.9. The SMILES string of the molecule is CCOc1ccccc1C(Br)c1ccccc1. The number of hydrogen-bond donors (Lipinski definition) is 0. The molecule has 0 N–H and O–H groups in total. The van der Waals surface area contributed by atoms with Gasteiger partial charge >= 0.3 is 0 Å². The largest absolute Gasteiger partial charge is 0.494 e. The van der Waals surface area contributed by atoms with Crippen molar-refractivity contribution in [2.24, 2.45) is 0 Å². The Bertz CT molecular complexity index is 467. The van der Waals surface area contributed by atoms with Gasteiger partial charge in [-0.2, -0.15) is 0 Å². The van der Waals surface area contributed by atoms with Gasteiger partial charge in [-0.3, -0.25) is 0 Å². The summed E-state index contributed by atoms with van der Waals surface area (Å²) in [5.41, 5.74) is 2.40. The van der Waals surface area contributed by atoms with Crippen LogP contribution in [0, 0.1) is 0 Å². The lowest BCUT2D eigenvalue weighted by molar-refractivity contribution is 0.337. The molecular weight excluding hydrogens is 276 g/mol. The van der Waals surface area contributed by atoms with Crippen LogP contribution < -0.4 is 4.74 Å². The molecule has 0 aliphatic carbocycles. The lowest BCUT2D eigenvalue weighted by Crippen LogP contribution is -1.99. The summed E-state index contributed by atoms with van der Waals surface area (Å²) in [5.74, 6) is 0.945. The third-order valence-corrected chi connectivity index (χ3v) is 3.61. The van der Waals surface area contributed by atoms with Gasteiger partial charge in [-0.15, -0.1) is 0 Å². The number of hydrogen-bond acceptors (Lipinski definition) is 1. The third kappa shape index (κ3) is 2.89. The van der Waals surface area contributed by atoms with Crippen molar-refractivity contribution in [2.45, 2.75) is 11.8 Å². The summed E-state index contributed by atoms with van der Waals surface area (Å²) in [6, 6.07) is 18.5. The molecule has 0 saturated carbocycles. The molecule has 2 heteroatoms. The lowest BCUT2D eigenvalue weighted by Gasteiger charge is -2.15. The fraction of sp³-hybridized carbons (Fsp3) is 0.200. The van der Waals surface area contributed by atoms with E-state index in [1.54, 1.807) is 0 Å². The number of halogens is 1. The molecule has 88 valence electrons. The van der Waals surface area contributed by atoms with Gasteiger partial charge in [0.2, 0.25) is 0 Å². The first-order chi connectivity index (χ1) is 8.33. The molecule has 0 radical (unpaired) electrons. The molecule has 0 fully saturated rings. The summed E-state index contributed by atoms with van der Waals surface area (Å²) in [6.07, 6.45) is 0. The zero-order chi connectivity index (χ0) is 12.1. The second-order valence-electron chi connectivity index (χ2n) is 3.74. The first-order valence-electron chi connectivity index (χ1n) is 5.73. The molecule has 0 aliphatic rings. The minimum Gasteiger partial charge on any atom is -0.494 e. The summed E-state index contributed by atoms with van der Waals surface area (Å²) in [4.78, 5) is 0.173. The van der Waals surface area contributed by atoms with Crippen LogP contribution in [0.15, 0.2) is 54.6 Å². The molecule has 2 aromatic rings. The smallest absolute Gasteiger partial charge is 0.123 e. The van der Waals surface area contributed by atoms with E-state index in [4.69, 9.17) is 4.74 Å². The monoisotopic (exact) mass is 290 g/mol. The van der Waals surface area contributed by atoms with E-state index in [-0.39, 0.29) is 4.83 Å².